The molecule has 0 bridgehead atoms. The molecule has 5 heteroatoms. The molecule has 3 heterocycles. The zero-order valence-electron chi connectivity index (χ0n) is 39.3. The molecule has 0 atom stereocenters. The van der Waals surface area contributed by atoms with E-state index in [1.165, 1.54) is 61.2 Å². The van der Waals surface area contributed by atoms with Gasteiger partial charge in [-0.3, -0.25) is 4.57 Å². The fourth-order valence-electron chi connectivity index (χ4n) is 8.81. The van der Waals surface area contributed by atoms with Gasteiger partial charge >= 0.3 is 0 Å². The molecule has 0 amide bonds. The van der Waals surface area contributed by atoms with Gasteiger partial charge in [-0.25, -0.2) is 4.98 Å². The molecule has 8 aromatic rings. The Kier molecular flexibility index (Phi) is 10.1. The van der Waals surface area contributed by atoms with Gasteiger partial charge in [0.2, 0.25) is 0 Å². The van der Waals surface area contributed by atoms with Crippen LogP contribution in [0, 0.1) is 0 Å². The molecule has 0 fully saturated rings. The highest BCUT2D eigenvalue weighted by Crippen LogP contribution is 2.48. The van der Waals surface area contributed by atoms with Gasteiger partial charge in [-0.2, -0.15) is 0 Å². The monoisotopic (exact) mass is 830 g/mol. The van der Waals surface area contributed by atoms with Gasteiger partial charge in [0.05, 0.1) is 22.4 Å². The molecule has 1 aliphatic heterocycles. The van der Waals surface area contributed by atoms with Crippen molar-refractivity contribution in [3.63, 3.8) is 0 Å². The molecule has 0 saturated heterocycles. The number of hydrogen-bond donors (Lipinski definition) is 0. The normalized spacial score (nSPS) is 13.6. The maximum absolute atomic E-state index is 7.01. The summed E-state index contributed by atoms with van der Waals surface area (Å²) in [5.74, 6) is 2.49. The van der Waals surface area contributed by atoms with Crippen LogP contribution in [0.1, 0.15) is 105 Å². The summed E-state index contributed by atoms with van der Waals surface area (Å²) in [6, 6.07) is 51.2. The average molecular weight is 831 g/mol. The van der Waals surface area contributed by atoms with E-state index in [0.717, 1.165) is 34.0 Å². The number of aromatic nitrogens is 2. The van der Waals surface area contributed by atoms with Crippen molar-refractivity contribution >= 4 is 44.6 Å². The Labute approximate surface area is 375 Å². The van der Waals surface area contributed by atoms with Crippen LogP contribution in [0.25, 0.3) is 38.8 Å². The molecule has 9 rings (SSSR count). The van der Waals surface area contributed by atoms with Crippen LogP contribution in [0.5, 0.6) is 11.5 Å². The van der Waals surface area contributed by atoms with Crippen molar-refractivity contribution in [3.8, 4) is 28.4 Å². The minimum atomic E-state index is -0.121. The summed E-state index contributed by atoms with van der Waals surface area (Å²) in [5, 5.41) is 2.39. The Morgan fingerprint density at radius 2 is 1.02 bits per heavy atom. The van der Waals surface area contributed by atoms with Gasteiger partial charge in [0.1, 0.15) is 24.0 Å². The first-order valence-corrected chi connectivity index (χ1v) is 22.5. The van der Waals surface area contributed by atoms with E-state index in [9.17, 15) is 0 Å². The third-order valence-corrected chi connectivity index (χ3v) is 12.7. The highest BCUT2D eigenvalue weighted by Gasteiger charge is 2.31. The topological polar surface area (TPSA) is 33.5 Å². The molecule has 0 spiro atoms. The summed E-state index contributed by atoms with van der Waals surface area (Å²) in [6.07, 6.45) is 1.94. The Morgan fingerprint density at radius 3 is 1.65 bits per heavy atom. The SMILES string of the molecule is CC(C)(C)c1cc(Oc2ccc3c4cc(C(C)(C)C)ccc4n(-c4cc(C(C)(C)C)ccn4)c3c2)cc(N2CN(c3cc(-c4ccccc4)cc(C(C)(C)C)c3)c3ccccc32)c1. The minimum absolute atomic E-state index is 0.0142. The molecular weight excluding hydrogens is 769 g/mol. The van der Waals surface area contributed by atoms with Crippen LogP contribution in [-0.4, -0.2) is 16.2 Å². The summed E-state index contributed by atoms with van der Waals surface area (Å²) < 4.78 is 9.32. The van der Waals surface area contributed by atoms with Gasteiger partial charge in [-0.05, 0) is 128 Å². The smallest absolute Gasteiger partial charge is 0.137 e. The lowest BCUT2D eigenvalue weighted by molar-refractivity contribution is 0.479. The molecule has 0 radical (unpaired) electrons. The van der Waals surface area contributed by atoms with E-state index in [4.69, 9.17) is 9.72 Å². The average Bonchev–Trinajstić information content (AvgIpc) is 3.78. The summed E-state index contributed by atoms with van der Waals surface area (Å²) in [4.78, 5) is 9.87. The number of anilines is 4. The van der Waals surface area contributed by atoms with E-state index < -0.39 is 0 Å². The van der Waals surface area contributed by atoms with Crippen LogP contribution < -0.4 is 14.5 Å². The molecule has 2 aromatic heterocycles. The molecule has 320 valence electrons. The van der Waals surface area contributed by atoms with Crippen LogP contribution in [0.2, 0.25) is 0 Å². The van der Waals surface area contributed by atoms with E-state index in [1.54, 1.807) is 0 Å². The zero-order valence-corrected chi connectivity index (χ0v) is 39.3. The number of para-hydroxylation sites is 2. The lowest BCUT2D eigenvalue weighted by atomic mass is 9.85. The van der Waals surface area contributed by atoms with Crippen molar-refractivity contribution in [1.82, 2.24) is 9.55 Å². The van der Waals surface area contributed by atoms with Gasteiger partial charge in [0.25, 0.3) is 0 Å². The van der Waals surface area contributed by atoms with Gasteiger partial charge in [-0.1, -0.05) is 138 Å². The van der Waals surface area contributed by atoms with E-state index in [0.29, 0.717) is 6.67 Å². The lowest BCUT2D eigenvalue weighted by Crippen LogP contribution is -2.25. The van der Waals surface area contributed by atoms with Crippen molar-refractivity contribution in [1.29, 1.82) is 0 Å². The Bertz CT molecular complexity index is 3000. The lowest BCUT2D eigenvalue weighted by Gasteiger charge is -2.27. The predicted molar refractivity (Wildman–Crippen MR) is 267 cm³/mol. The number of hydrogen-bond acceptors (Lipinski definition) is 4. The molecule has 5 nitrogen and oxygen atoms in total. The second kappa shape index (κ2) is 15.2. The van der Waals surface area contributed by atoms with E-state index >= 15 is 0 Å². The summed E-state index contributed by atoms with van der Waals surface area (Å²) >= 11 is 0. The van der Waals surface area contributed by atoms with E-state index in [1.807, 2.05) is 6.20 Å². The summed E-state index contributed by atoms with van der Waals surface area (Å²) in [7, 11) is 0. The Balaban J connectivity index is 1.15. The molecule has 63 heavy (non-hydrogen) atoms. The van der Waals surface area contributed by atoms with Gasteiger partial charge in [0, 0.05) is 40.5 Å². The molecule has 6 aromatic carbocycles. The Morgan fingerprint density at radius 1 is 0.429 bits per heavy atom. The molecule has 0 unspecified atom stereocenters. The number of rotatable bonds is 6. The van der Waals surface area contributed by atoms with Crippen molar-refractivity contribution in [3.05, 3.63) is 168 Å². The van der Waals surface area contributed by atoms with E-state index in [2.05, 4.69) is 237 Å². The fraction of sp³-hybridized carbons (Fsp3) is 0.293. The third kappa shape index (κ3) is 8.10. The van der Waals surface area contributed by atoms with Gasteiger partial charge < -0.3 is 14.5 Å². The minimum Gasteiger partial charge on any atom is -0.457 e. The number of ether oxygens (including phenoxy) is 1. The van der Waals surface area contributed by atoms with Crippen molar-refractivity contribution in [2.24, 2.45) is 0 Å². The van der Waals surface area contributed by atoms with Crippen molar-refractivity contribution in [2.45, 2.75) is 105 Å². The van der Waals surface area contributed by atoms with Gasteiger partial charge in [0.15, 0.2) is 0 Å². The fourth-order valence-corrected chi connectivity index (χ4v) is 8.81. The third-order valence-electron chi connectivity index (χ3n) is 12.7. The van der Waals surface area contributed by atoms with E-state index in [-0.39, 0.29) is 21.7 Å². The number of fused-ring (bicyclic) bond motifs is 4. The first-order valence-electron chi connectivity index (χ1n) is 22.5. The maximum Gasteiger partial charge on any atom is 0.137 e. The van der Waals surface area contributed by atoms with Gasteiger partial charge in [-0.15, -0.1) is 0 Å². The molecule has 0 N–H and O–H groups in total. The van der Waals surface area contributed by atoms with Crippen LogP contribution in [0.15, 0.2) is 146 Å². The van der Waals surface area contributed by atoms with Crippen LogP contribution in [-0.2, 0) is 21.7 Å². The first kappa shape index (κ1) is 42.0. The second-order valence-electron chi connectivity index (χ2n) is 21.6. The van der Waals surface area contributed by atoms with Crippen LogP contribution in [0.4, 0.5) is 22.7 Å². The highest BCUT2D eigenvalue weighted by atomic mass is 16.5. The molecule has 1 aliphatic rings. The maximum atomic E-state index is 7.01. The Hall–Kier alpha value is -6.33. The molecular formula is C58H62N4O. The predicted octanol–water partition coefficient (Wildman–Crippen LogP) is 16.1. The highest BCUT2D eigenvalue weighted by molar-refractivity contribution is 6.10. The standard InChI is InChI=1S/C58H62N4O/c1-55(2,3)40-22-25-50-49(33-40)48-24-23-46(36-53(48)62(50)54-34-41(26-27-59-54)56(4,5)6)63-47-32-43(58(10,11)12)31-45(35-47)61-37-60(51-20-16-17-21-52(51)61)44-29-39(38-18-14-13-15-19-38)28-42(30-44)57(7,8)9/h13-36H,37H2,1-12H3. The quantitative estimate of drug-likeness (QED) is 0.167. The molecule has 0 aliphatic carbocycles. The number of benzene rings is 6. The molecule has 0 saturated carbocycles. The zero-order chi connectivity index (χ0) is 44.6. The largest absolute Gasteiger partial charge is 0.457 e. The van der Waals surface area contributed by atoms with Crippen molar-refractivity contribution < 1.29 is 4.74 Å². The van der Waals surface area contributed by atoms with Crippen LogP contribution >= 0.6 is 0 Å². The second-order valence-corrected chi connectivity index (χ2v) is 21.6. The summed E-state index contributed by atoms with van der Waals surface area (Å²) in [5.41, 5.74) is 14.2. The first-order chi connectivity index (χ1) is 29.7. The van der Waals surface area contributed by atoms with Crippen molar-refractivity contribution in [2.75, 3.05) is 16.5 Å². The van der Waals surface area contributed by atoms with Crippen LogP contribution in [0.3, 0.4) is 0 Å². The number of nitrogens with zero attached hydrogens (tertiary/aromatic N) is 4. The number of pyridine rings is 1. The summed E-state index contributed by atoms with van der Waals surface area (Å²) in [6.45, 7) is 28.0.